The molecular formula is C9H9ClN4. The third-order valence-corrected chi connectivity index (χ3v) is 1.95. The Bertz CT molecular complexity index is 438. The molecule has 0 amide bonds. The molecule has 0 fully saturated rings. The second-order valence-electron chi connectivity index (χ2n) is 2.91. The largest absolute Gasteiger partial charge is 0.384 e. The van der Waals surface area contributed by atoms with E-state index in [2.05, 4.69) is 10.1 Å². The first-order valence-corrected chi connectivity index (χ1v) is 4.51. The van der Waals surface area contributed by atoms with Crippen molar-refractivity contribution in [2.24, 2.45) is 0 Å². The van der Waals surface area contributed by atoms with E-state index in [1.165, 1.54) is 0 Å². The van der Waals surface area contributed by atoms with Gasteiger partial charge in [-0.1, -0.05) is 17.7 Å². The van der Waals surface area contributed by atoms with Crippen LogP contribution < -0.4 is 5.73 Å². The van der Waals surface area contributed by atoms with Crippen molar-refractivity contribution in [3.8, 4) is 0 Å². The number of nitrogens with zero attached hydrogens (tertiary/aromatic N) is 3. The van der Waals surface area contributed by atoms with E-state index < -0.39 is 0 Å². The summed E-state index contributed by atoms with van der Waals surface area (Å²) in [6.45, 7) is 0.581. The minimum atomic E-state index is 0.515. The van der Waals surface area contributed by atoms with Gasteiger partial charge in [0.05, 0.1) is 23.5 Å². The number of anilines is 1. The zero-order chi connectivity index (χ0) is 9.97. The van der Waals surface area contributed by atoms with E-state index in [9.17, 15) is 0 Å². The van der Waals surface area contributed by atoms with Gasteiger partial charge in [-0.2, -0.15) is 5.10 Å². The molecule has 72 valence electrons. The van der Waals surface area contributed by atoms with Gasteiger partial charge in [0.15, 0.2) is 0 Å². The highest BCUT2D eigenvalue weighted by Crippen LogP contribution is 2.07. The Hall–Kier alpha value is -1.55. The Morgan fingerprint density at radius 3 is 2.93 bits per heavy atom. The molecule has 2 aromatic rings. The van der Waals surface area contributed by atoms with E-state index in [1.54, 1.807) is 23.1 Å². The Balaban J connectivity index is 2.18. The third kappa shape index (κ3) is 2.03. The number of aromatic nitrogens is 3. The van der Waals surface area contributed by atoms with E-state index >= 15 is 0 Å². The average Bonchev–Trinajstić information content (AvgIpc) is 2.51. The number of hydrogen-bond donors (Lipinski definition) is 1. The van der Waals surface area contributed by atoms with Gasteiger partial charge >= 0.3 is 0 Å². The van der Waals surface area contributed by atoms with Crippen LogP contribution in [0, 0.1) is 0 Å². The zero-order valence-electron chi connectivity index (χ0n) is 7.39. The van der Waals surface area contributed by atoms with E-state index in [1.807, 2.05) is 12.1 Å². The number of rotatable bonds is 2. The monoisotopic (exact) mass is 208 g/mol. The van der Waals surface area contributed by atoms with Crippen LogP contribution in [0.1, 0.15) is 5.69 Å². The molecule has 2 aromatic heterocycles. The van der Waals surface area contributed by atoms with E-state index in [0.29, 0.717) is 17.4 Å². The van der Waals surface area contributed by atoms with Crippen LogP contribution in [-0.4, -0.2) is 14.8 Å². The van der Waals surface area contributed by atoms with Crippen LogP contribution in [0.2, 0.25) is 5.02 Å². The first kappa shape index (κ1) is 9.02. The molecule has 0 spiro atoms. The third-order valence-electron chi connectivity index (χ3n) is 1.75. The lowest BCUT2D eigenvalue weighted by Crippen LogP contribution is -2.03. The second kappa shape index (κ2) is 3.67. The lowest BCUT2D eigenvalue weighted by Gasteiger charge is -2.01. The molecule has 0 aliphatic rings. The summed E-state index contributed by atoms with van der Waals surface area (Å²) in [6, 6.07) is 5.51. The summed E-state index contributed by atoms with van der Waals surface area (Å²) < 4.78 is 1.71. The highest BCUT2D eigenvalue weighted by atomic mass is 35.5. The molecule has 0 bridgehead atoms. The summed E-state index contributed by atoms with van der Waals surface area (Å²) in [5, 5.41) is 4.66. The van der Waals surface area contributed by atoms with Gasteiger partial charge in [0.25, 0.3) is 0 Å². The van der Waals surface area contributed by atoms with Gasteiger partial charge in [-0.3, -0.25) is 4.68 Å². The maximum atomic E-state index is 5.73. The van der Waals surface area contributed by atoms with Gasteiger partial charge in [0.1, 0.15) is 5.82 Å². The Morgan fingerprint density at radius 2 is 2.29 bits per heavy atom. The van der Waals surface area contributed by atoms with Crippen molar-refractivity contribution in [2.45, 2.75) is 6.54 Å². The molecule has 2 rings (SSSR count). The first-order chi connectivity index (χ1) is 6.74. The molecule has 2 heterocycles. The maximum Gasteiger partial charge on any atom is 0.123 e. The number of pyridine rings is 1. The molecule has 0 saturated heterocycles. The van der Waals surface area contributed by atoms with E-state index in [4.69, 9.17) is 17.3 Å². The van der Waals surface area contributed by atoms with Crippen molar-refractivity contribution in [3.63, 3.8) is 0 Å². The first-order valence-electron chi connectivity index (χ1n) is 4.13. The van der Waals surface area contributed by atoms with Crippen LogP contribution in [0.3, 0.4) is 0 Å². The summed E-state index contributed by atoms with van der Waals surface area (Å²) in [4.78, 5) is 4.15. The number of nitrogens with two attached hydrogens (primary N) is 1. The minimum absolute atomic E-state index is 0.515. The molecule has 0 aliphatic carbocycles. The van der Waals surface area contributed by atoms with E-state index in [-0.39, 0.29) is 0 Å². The highest BCUT2D eigenvalue weighted by Gasteiger charge is 1.98. The Morgan fingerprint density at radius 1 is 1.43 bits per heavy atom. The highest BCUT2D eigenvalue weighted by molar-refractivity contribution is 6.30. The predicted molar refractivity (Wildman–Crippen MR) is 55.0 cm³/mol. The van der Waals surface area contributed by atoms with Crippen molar-refractivity contribution in [2.75, 3.05) is 5.73 Å². The number of hydrogen-bond acceptors (Lipinski definition) is 3. The van der Waals surface area contributed by atoms with Crippen molar-refractivity contribution < 1.29 is 0 Å². The van der Waals surface area contributed by atoms with Crippen molar-refractivity contribution in [1.82, 2.24) is 14.8 Å². The van der Waals surface area contributed by atoms with Gasteiger partial charge in [0, 0.05) is 6.20 Å². The summed E-state index contributed by atoms with van der Waals surface area (Å²) in [6.07, 6.45) is 3.33. The Kier molecular flexibility index (Phi) is 2.37. The molecule has 0 radical (unpaired) electrons. The number of nitrogen functional groups attached to an aromatic ring is 1. The fraction of sp³-hybridized carbons (Fsp3) is 0.111. The van der Waals surface area contributed by atoms with Gasteiger partial charge in [-0.15, -0.1) is 0 Å². The Labute approximate surface area is 86.3 Å². The van der Waals surface area contributed by atoms with Crippen LogP contribution in [0.4, 0.5) is 5.82 Å². The fourth-order valence-corrected chi connectivity index (χ4v) is 1.33. The van der Waals surface area contributed by atoms with Crippen molar-refractivity contribution in [3.05, 3.63) is 41.3 Å². The van der Waals surface area contributed by atoms with Gasteiger partial charge < -0.3 is 5.73 Å². The van der Waals surface area contributed by atoms with Crippen molar-refractivity contribution >= 4 is 17.4 Å². The smallest absolute Gasteiger partial charge is 0.123 e. The van der Waals surface area contributed by atoms with Crippen LogP contribution in [0.5, 0.6) is 0 Å². The van der Waals surface area contributed by atoms with Crippen molar-refractivity contribution in [1.29, 1.82) is 0 Å². The standard InChI is InChI=1S/C9H9ClN4/c10-7-4-12-14(5-7)6-8-2-1-3-9(11)13-8/h1-5H,6H2,(H2,11,13). The zero-order valence-corrected chi connectivity index (χ0v) is 8.15. The summed E-state index contributed by atoms with van der Waals surface area (Å²) >= 11 is 5.73. The molecule has 0 unspecified atom stereocenters. The summed E-state index contributed by atoms with van der Waals surface area (Å²) in [7, 11) is 0. The molecule has 5 heteroatoms. The molecule has 14 heavy (non-hydrogen) atoms. The van der Waals surface area contributed by atoms with E-state index in [0.717, 1.165) is 5.69 Å². The second-order valence-corrected chi connectivity index (χ2v) is 3.35. The van der Waals surface area contributed by atoms with Crippen LogP contribution in [0.25, 0.3) is 0 Å². The molecule has 0 aromatic carbocycles. The quantitative estimate of drug-likeness (QED) is 0.815. The molecule has 0 atom stereocenters. The van der Waals surface area contributed by atoms with Crippen LogP contribution >= 0.6 is 11.6 Å². The minimum Gasteiger partial charge on any atom is -0.384 e. The lowest BCUT2D eigenvalue weighted by atomic mass is 10.3. The molecule has 4 nitrogen and oxygen atoms in total. The van der Waals surface area contributed by atoms with Gasteiger partial charge in [-0.25, -0.2) is 4.98 Å². The fourth-order valence-electron chi connectivity index (χ4n) is 1.18. The molecule has 0 aliphatic heterocycles. The SMILES string of the molecule is Nc1cccc(Cn2cc(Cl)cn2)n1. The summed E-state index contributed by atoms with van der Waals surface area (Å²) in [5.74, 6) is 0.515. The molecule has 2 N–H and O–H groups in total. The normalized spacial score (nSPS) is 10.4. The van der Waals surface area contributed by atoms with Gasteiger partial charge in [0.2, 0.25) is 0 Å². The topological polar surface area (TPSA) is 56.7 Å². The number of halogens is 1. The average molecular weight is 209 g/mol. The molecule has 0 saturated carbocycles. The van der Waals surface area contributed by atoms with Gasteiger partial charge in [-0.05, 0) is 12.1 Å². The summed E-state index contributed by atoms with van der Waals surface area (Å²) in [5.41, 5.74) is 6.42. The predicted octanol–water partition coefficient (Wildman–Crippen LogP) is 1.56. The van der Waals surface area contributed by atoms with Crippen LogP contribution in [0.15, 0.2) is 30.6 Å². The molecular weight excluding hydrogens is 200 g/mol. The maximum absolute atomic E-state index is 5.73. The lowest BCUT2D eigenvalue weighted by molar-refractivity contribution is 0.673. The van der Waals surface area contributed by atoms with Crippen LogP contribution in [-0.2, 0) is 6.54 Å².